The Hall–Kier alpha value is -1.46. The van der Waals surface area contributed by atoms with Crippen molar-refractivity contribution in [3.63, 3.8) is 0 Å². The zero-order valence-corrected chi connectivity index (χ0v) is 15.3. The Labute approximate surface area is 152 Å². The fourth-order valence-corrected chi connectivity index (χ4v) is 2.85. The number of nitrogens with one attached hydrogen (secondary N) is 1. The summed E-state index contributed by atoms with van der Waals surface area (Å²) >= 11 is 11.6. The Kier molecular flexibility index (Phi) is 6.75. The molecular formula is C17H22Cl2N2O3. The Morgan fingerprint density at radius 2 is 1.79 bits per heavy atom. The molecule has 0 saturated carbocycles. The molecule has 0 spiro atoms. The van der Waals surface area contributed by atoms with Crippen molar-refractivity contribution in [3.05, 3.63) is 29.3 Å². The predicted octanol–water partition coefficient (Wildman–Crippen LogP) is 2.84. The zero-order chi connectivity index (χ0) is 17.7. The van der Waals surface area contributed by atoms with Gasteiger partial charge < -0.3 is 15.0 Å². The van der Waals surface area contributed by atoms with E-state index in [-0.39, 0.29) is 17.9 Å². The maximum atomic E-state index is 12.2. The number of amides is 2. The number of carbonyl (C=O) groups excluding carboxylic acids is 2. The van der Waals surface area contributed by atoms with Crippen molar-refractivity contribution in [2.45, 2.75) is 44.2 Å². The highest BCUT2D eigenvalue weighted by Gasteiger charge is 2.27. The molecule has 7 heteroatoms. The van der Waals surface area contributed by atoms with Gasteiger partial charge in [-0.05, 0) is 51.0 Å². The third kappa shape index (κ3) is 5.28. The molecule has 2 rings (SSSR count). The fraction of sp³-hybridized carbons (Fsp3) is 0.529. The lowest BCUT2D eigenvalue weighted by atomic mass is 10.0. The molecule has 0 aromatic heterocycles. The van der Waals surface area contributed by atoms with Gasteiger partial charge in [-0.25, -0.2) is 0 Å². The van der Waals surface area contributed by atoms with E-state index in [2.05, 4.69) is 5.32 Å². The third-order valence-corrected chi connectivity index (χ3v) is 4.43. The molecule has 1 heterocycles. The van der Waals surface area contributed by atoms with Gasteiger partial charge in [0.15, 0.2) is 6.10 Å². The SMILES string of the molecule is CC(Cl)C(=O)N1CCC(NC(=O)C(C)Oc2ccc(Cl)cc2)CC1. The molecule has 1 aromatic rings. The number of likely N-dealkylation sites (tertiary alicyclic amines) is 1. The number of halogens is 2. The summed E-state index contributed by atoms with van der Waals surface area (Å²) in [6.07, 6.45) is 0.831. The van der Waals surface area contributed by atoms with Crippen LogP contribution in [0.2, 0.25) is 5.02 Å². The second-order valence-electron chi connectivity index (χ2n) is 5.94. The van der Waals surface area contributed by atoms with E-state index < -0.39 is 11.5 Å². The summed E-state index contributed by atoms with van der Waals surface area (Å²) in [5.41, 5.74) is 0. The Morgan fingerprint density at radius 1 is 1.21 bits per heavy atom. The minimum absolute atomic E-state index is 0.0449. The van der Waals surface area contributed by atoms with E-state index in [4.69, 9.17) is 27.9 Å². The summed E-state index contributed by atoms with van der Waals surface area (Å²) in [5, 5.41) is 3.09. The van der Waals surface area contributed by atoms with Crippen LogP contribution < -0.4 is 10.1 Å². The zero-order valence-electron chi connectivity index (χ0n) is 13.8. The van der Waals surface area contributed by atoms with Gasteiger partial charge >= 0.3 is 0 Å². The number of rotatable bonds is 5. The Bertz CT molecular complexity index is 570. The summed E-state index contributed by atoms with van der Waals surface area (Å²) in [4.78, 5) is 25.8. The predicted molar refractivity (Wildman–Crippen MR) is 94.6 cm³/mol. The molecule has 5 nitrogen and oxygen atoms in total. The molecular weight excluding hydrogens is 351 g/mol. The van der Waals surface area contributed by atoms with E-state index >= 15 is 0 Å². The number of nitrogens with zero attached hydrogens (tertiary/aromatic N) is 1. The molecule has 0 radical (unpaired) electrons. The van der Waals surface area contributed by atoms with Crippen molar-refractivity contribution in [1.82, 2.24) is 10.2 Å². The van der Waals surface area contributed by atoms with Gasteiger partial charge in [-0.3, -0.25) is 9.59 Å². The van der Waals surface area contributed by atoms with Crippen LogP contribution in [-0.2, 0) is 9.59 Å². The van der Waals surface area contributed by atoms with Gasteiger partial charge in [0, 0.05) is 24.2 Å². The van der Waals surface area contributed by atoms with Crippen molar-refractivity contribution in [3.8, 4) is 5.75 Å². The quantitative estimate of drug-likeness (QED) is 0.808. The van der Waals surface area contributed by atoms with E-state index in [1.807, 2.05) is 0 Å². The maximum Gasteiger partial charge on any atom is 0.260 e. The molecule has 1 aliphatic heterocycles. The van der Waals surface area contributed by atoms with Crippen molar-refractivity contribution in [2.24, 2.45) is 0 Å². The number of ether oxygens (including phenoxy) is 1. The van der Waals surface area contributed by atoms with Gasteiger partial charge in [0.25, 0.3) is 5.91 Å². The molecule has 1 saturated heterocycles. The van der Waals surface area contributed by atoms with Crippen molar-refractivity contribution < 1.29 is 14.3 Å². The number of alkyl halides is 1. The molecule has 2 unspecified atom stereocenters. The van der Waals surface area contributed by atoms with Gasteiger partial charge in [-0.1, -0.05) is 11.6 Å². The summed E-state index contributed by atoms with van der Waals surface area (Å²) < 4.78 is 5.61. The van der Waals surface area contributed by atoms with Crippen LogP contribution in [0.3, 0.4) is 0 Å². The highest BCUT2D eigenvalue weighted by Crippen LogP contribution is 2.17. The molecule has 24 heavy (non-hydrogen) atoms. The monoisotopic (exact) mass is 372 g/mol. The largest absolute Gasteiger partial charge is 0.481 e. The maximum absolute atomic E-state index is 12.2. The lowest BCUT2D eigenvalue weighted by molar-refractivity contribution is -0.132. The summed E-state index contributed by atoms with van der Waals surface area (Å²) in [7, 11) is 0. The van der Waals surface area contributed by atoms with Crippen LogP contribution in [0.1, 0.15) is 26.7 Å². The lowest BCUT2D eigenvalue weighted by Gasteiger charge is -2.33. The molecule has 1 aromatic carbocycles. The smallest absolute Gasteiger partial charge is 0.260 e. The third-order valence-electron chi connectivity index (χ3n) is 3.99. The number of carbonyl (C=O) groups is 2. The van der Waals surface area contributed by atoms with Crippen LogP contribution in [0, 0.1) is 0 Å². The first-order valence-corrected chi connectivity index (χ1v) is 8.83. The Balaban J connectivity index is 1.78. The van der Waals surface area contributed by atoms with Crippen LogP contribution in [-0.4, -0.2) is 47.3 Å². The van der Waals surface area contributed by atoms with Gasteiger partial charge in [0.1, 0.15) is 11.1 Å². The van der Waals surface area contributed by atoms with Crippen molar-refractivity contribution in [2.75, 3.05) is 13.1 Å². The molecule has 1 N–H and O–H groups in total. The average molecular weight is 373 g/mol. The van der Waals surface area contributed by atoms with Crippen molar-refractivity contribution >= 4 is 35.0 Å². The molecule has 132 valence electrons. The van der Waals surface area contributed by atoms with Crippen LogP contribution >= 0.6 is 23.2 Å². The fourth-order valence-electron chi connectivity index (χ4n) is 2.59. The minimum atomic E-state index is -0.603. The Morgan fingerprint density at radius 3 is 2.33 bits per heavy atom. The van der Waals surface area contributed by atoms with Crippen LogP contribution in [0.25, 0.3) is 0 Å². The second kappa shape index (κ2) is 8.58. The first kappa shape index (κ1) is 18.9. The molecule has 2 atom stereocenters. The van der Waals surface area contributed by atoms with Gasteiger partial charge in [0.2, 0.25) is 5.91 Å². The molecule has 1 fully saturated rings. The number of hydrogen-bond donors (Lipinski definition) is 1. The van der Waals surface area contributed by atoms with Gasteiger partial charge in [0.05, 0.1) is 0 Å². The molecule has 1 aliphatic rings. The number of benzene rings is 1. The van der Waals surface area contributed by atoms with E-state index in [1.165, 1.54) is 0 Å². The average Bonchev–Trinajstić information content (AvgIpc) is 2.56. The topological polar surface area (TPSA) is 58.6 Å². The normalized spacial score (nSPS) is 17.9. The second-order valence-corrected chi connectivity index (χ2v) is 7.03. The summed E-state index contributed by atoms with van der Waals surface area (Å²) in [5.74, 6) is 0.375. The van der Waals surface area contributed by atoms with Crippen molar-refractivity contribution in [1.29, 1.82) is 0 Å². The van der Waals surface area contributed by atoms with Gasteiger partial charge in [-0.15, -0.1) is 11.6 Å². The molecule has 0 bridgehead atoms. The van der Waals surface area contributed by atoms with Gasteiger partial charge in [-0.2, -0.15) is 0 Å². The summed E-state index contributed by atoms with van der Waals surface area (Å²) in [6.45, 7) is 4.59. The minimum Gasteiger partial charge on any atom is -0.481 e. The lowest BCUT2D eigenvalue weighted by Crippen LogP contribution is -2.50. The number of hydrogen-bond acceptors (Lipinski definition) is 3. The standard InChI is InChI=1S/C17H22Cl2N2O3/c1-11(18)17(23)21-9-7-14(8-10-21)20-16(22)12(2)24-15-5-3-13(19)4-6-15/h3-6,11-12,14H,7-10H2,1-2H3,(H,20,22). The molecule has 2 amide bonds. The van der Waals surface area contributed by atoms with E-state index in [0.29, 0.717) is 23.9 Å². The van der Waals surface area contributed by atoms with E-state index in [1.54, 1.807) is 43.0 Å². The van der Waals surface area contributed by atoms with Crippen LogP contribution in [0.5, 0.6) is 5.75 Å². The summed E-state index contributed by atoms with van der Waals surface area (Å²) in [6, 6.07) is 6.93. The first-order valence-electron chi connectivity index (χ1n) is 8.02. The van der Waals surface area contributed by atoms with Crippen LogP contribution in [0.4, 0.5) is 0 Å². The van der Waals surface area contributed by atoms with E-state index in [9.17, 15) is 9.59 Å². The first-order chi connectivity index (χ1) is 11.4. The highest BCUT2D eigenvalue weighted by molar-refractivity contribution is 6.30. The highest BCUT2D eigenvalue weighted by atomic mass is 35.5. The van der Waals surface area contributed by atoms with E-state index in [0.717, 1.165) is 12.8 Å². The number of piperidine rings is 1. The van der Waals surface area contributed by atoms with Crippen LogP contribution in [0.15, 0.2) is 24.3 Å². The molecule has 0 aliphatic carbocycles.